The van der Waals surface area contributed by atoms with E-state index in [2.05, 4.69) is 16.0 Å². The molecule has 2 aliphatic rings. The van der Waals surface area contributed by atoms with Gasteiger partial charge in [-0.05, 0) is 17.7 Å². The van der Waals surface area contributed by atoms with Gasteiger partial charge in [0, 0.05) is 11.4 Å². The molecule has 3 amide bonds. The smallest absolute Gasteiger partial charge is 0.315 e. The molecule has 1 saturated heterocycles. The van der Waals surface area contributed by atoms with E-state index in [0.29, 0.717) is 12.3 Å². The summed E-state index contributed by atoms with van der Waals surface area (Å²) in [5, 5.41) is 8.37. The summed E-state index contributed by atoms with van der Waals surface area (Å²) in [5.74, 6) is 0.488. The second-order valence-electron chi connectivity index (χ2n) is 4.00. The molecular formula is C11H11N3O2S. The van der Waals surface area contributed by atoms with Crippen LogP contribution in [0, 0.1) is 0 Å². The molecule has 1 unspecified atom stereocenters. The Balaban J connectivity index is 1.90. The molecule has 6 heteroatoms. The first kappa shape index (κ1) is 10.5. The van der Waals surface area contributed by atoms with Crippen LogP contribution < -0.4 is 16.0 Å². The lowest BCUT2D eigenvalue weighted by molar-refractivity contribution is -0.113. The largest absolute Gasteiger partial charge is 0.336 e. The van der Waals surface area contributed by atoms with Crippen LogP contribution in [0.15, 0.2) is 23.1 Å². The minimum absolute atomic E-state index is 0.0170. The fourth-order valence-corrected chi connectivity index (χ4v) is 2.76. The van der Waals surface area contributed by atoms with Crippen LogP contribution in [0.3, 0.4) is 0 Å². The van der Waals surface area contributed by atoms with Crippen molar-refractivity contribution in [2.75, 3.05) is 17.6 Å². The molecule has 0 aliphatic carbocycles. The maximum Gasteiger partial charge on any atom is 0.315 e. The Kier molecular flexibility index (Phi) is 2.44. The summed E-state index contributed by atoms with van der Waals surface area (Å²) in [6.45, 7) is 0.582. The Hall–Kier alpha value is -1.69. The van der Waals surface area contributed by atoms with E-state index in [4.69, 9.17) is 0 Å². The highest BCUT2D eigenvalue weighted by molar-refractivity contribution is 8.00. The number of urea groups is 1. The highest BCUT2D eigenvalue weighted by Crippen LogP contribution is 2.33. The zero-order valence-electron chi connectivity index (χ0n) is 8.95. The van der Waals surface area contributed by atoms with Crippen molar-refractivity contribution in [2.24, 2.45) is 0 Å². The fourth-order valence-electron chi connectivity index (χ4n) is 1.97. The molecule has 1 aromatic rings. The van der Waals surface area contributed by atoms with Crippen LogP contribution in [0.25, 0.3) is 0 Å². The molecule has 3 rings (SSSR count). The predicted octanol–water partition coefficient (Wildman–Crippen LogP) is 1.08. The first-order valence-electron chi connectivity index (χ1n) is 5.33. The third-order valence-electron chi connectivity index (χ3n) is 2.81. The van der Waals surface area contributed by atoms with Crippen LogP contribution >= 0.6 is 11.8 Å². The summed E-state index contributed by atoms with van der Waals surface area (Å²) < 4.78 is 0. The molecule has 0 bridgehead atoms. The second-order valence-corrected chi connectivity index (χ2v) is 5.02. The van der Waals surface area contributed by atoms with Gasteiger partial charge in [-0.25, -0.2) is 4.79 Å². The number of amides is 3. The van der Waals surface area contributed by atoms with Crippen molar-refractivity contribution in [1.29, 1.82) is 0 Å². The van der Waals surface area contributed by atoms with Crippen molar-refractivity contribution in [3.63, 3.8) is 0 Å². The van der Waals surface area contributed by atoms with E-state index in [0.717, 1.165) is 16.1 Å². The molecule has 88 valence electrons. The van der Waals surface area contributed by atoms with Crippen LogP contribution in [0.5, 0.6) is 0 Å². The van der Waals surface area contributed by atoms with Crippen LogP contribution in [-0.4, -0.2) is 24.2 Å². The van der Waals surface area contributed by atoms with Crippen molar-refractivity contribution < 1.29 is 9.59 Å². The lowest BCUT2D eigenvalue weighted by atomic mass is 10.1. The molecule has 2 heterocycles. The molecule has 3 N–H and O–H groups in total. The Morgan fingerprint density at radius 1 is 1.29 bits per heavy atom. The van der Waals surface area contributed by atoms with Crippen molar-refractivity contribution >= 4 is 29.4 Å². The van der Waals surface area contributed by atoms with Crippen molar-refractivity contribution in [3.05, 3.63) is 23.8 Å². The molecular weight excluding hydrogens is 238 g/mol. The van der Waals surface area contributed by atoms with Gasteiger partial charge in [-0.15, -0.1) is 11.8 Å². The fraction of sp³-hybridized carbons (Fsp3) is 0.273. The number of hydrogen-bond acceptors (Lipinski definition) is 3. The lowest BCUT2D eigenvalue weighted by Crippen LogP contribution is -2.22. The first-order chi connectivity index (χ1) is 8.22. The third-order valence-corrected chi connectivity index (χ3v) is 3.88. The molecule has 2 aliphatic heterocycles. The Bertz CT molecular complexity index is 503. The van der Waals surface area contributed by atoms with Gasteiger partial charge in [0.05, 0.1) is 17.5 Å². The molecule has 0 spiro atoms. The van der Waals surface area contributed by atoms with E-state index in [1.807, 2.05) is 18.2 Å². The zero-order chi connectivity index (χ0) is 11.8. The molecule has 0 radical (unpaired) electrons. The summed E-state index contributed by atoms with van der Waals surface area (Å²) >= 11 is 1.53. The number of anilines is 1. The predicted molar refractivity (Wildman–Crippen MR) is 65.1 cm³/mol. The topological polar surface area (TPSA) is 70.2 Å². The van der Waals surface area contributed by atoms with Gasteiger partial charge in [-0.2, -0.15) is 0 Å². The molecule has 1 aromatic carbocycles. The van der Waals surface area contributed by atoms with E-state index in [-0.39, 0.29) is 18.0 Å². The van der Waals surface area contributed by atoms with E-state index < -0.39 is 0 Å². The van der Waals surface area contributed by atoms with Crippen molar-refractivity contribution in [3.8, 4) is 0 Å². The second kappa shape index (κ2) is 3.96. The number of carbonyl (C=O) groups is 2. The van der Waals surface area contributed by atoms with Crippen LogP contribution in [0.1, 0.15) is 11.6 Å². The van der Waals surface area contributed by atoms with Crippen LogP contribution in [-0.2, 0) is 4.79 Å². The van der Waals surface area contributed by atoms with E-state index >= 15 is 0 Å². The van der Waals surface area contributed by atoms with Gasteiger partial charge in [-0.1, -0.05) is 6.07 Å². The maximum absolute atomic E-state index is 11.3. The number of benzene rings is 1. The standard InChI is InChI=1S/C11H11N3O2S/c15-10-5-17-9-2-1-6(3-7(9)13-10)8-4-12-11(16)14-8/h1-3,8H,4-5H2,(H,13,15)(H2,12,14,16). The third kappa shape index (κ3) is 1.95. The van der Waals surface area contributed by atoms with Gasteiger partial charge in [0.15, 0.2) is 0 Å². The summed E-state index contributed by atoms with van der Waals surface area (Å²) in [6.07, 6.45) is 0. The Morgan fingerprint density at radius 3 is 2.94 bits per heavy atom. The average molecular weight is 249 g/mol. The van der Waals surface area contributed by atoms with Crippen LogP contribution in [0.2, 0.25) is 0 Å². The normalized spacial score (nSPS) is 22.5. The Labute approximate surface area is 102 Å². The monoisotopic (exact) mass is 249 g/mol. The van der Waals surface area contributed by atoms with E-state index in [1.165, 1.54) is 11.8 Å². The van der Waals surface area contributed by atoms with E-state index in [1.54, 1.807) is 0 Å². The van der Waals surface area contributed by atoms with Gasteiger partial charge in [0.2, 0.25) is 5.91 Å². The van der Waals surface area contributed by atoms with Gasteiger partial charge in [-0.3, -0.25) is 4.79 Å². The van der Waals surface area contributed by atoms with Gasteiger partial charge in [0.25, 0.3) is 0 Å². The molecule has 17 heavy (non-hydrogen) atoms. The van der Waals surface area contributed by atoms with Crippen molar-refractivity contribution in [1.82, 2.24) is 10.6 Å². The molecule has 0 aromatic heterocycles. The maximum atomic E-state index is 11.3. The minimum Gasteiger partial charge on any atom is -0.336 e. The molecule has 1 fully saturated rings. The quantitative estimate of drug-likeness (QED) is 0.697. The van der Waals surface area contributed by atoms with E-state index in [9.17, 15) is 9.59 Å². The highest BCUT2D eigenvalue weighted by atomic mass is 32.2. The van der Waals surface area contributed by atoms with Gasteiger partial charge >= 0.3 is 6.03 Å². The first-order valence-corrected chi connectivity index (χ1v) is 6.32. The zero-order valence-corrected chi connectivity index (χ0v) is 9.76. The average Bonchev–Trinajstić information content (AvgIpc) is 2.75. The number of hydrogen-bond donors (Lipinski definition) is 3. The van der Waals surface area contributed by atoms with Gasteiger partial charge in [0.1, 0.15) is 0 Å². The molecule has 0 saturated carbocycles. The number of rotatable bonds is 1. The highest BCUT2D eigenvalue weighted by Gasteiger charge is 2.23. The minimum atomic E-state index is -0.147. The van der Waals surface area contributed by atoms with Crippen molar-refractivity contribution in [2.45, 2.75) is 10.9 Å². The number of fused-ring (bicyclic) bond motifs is 1. The summed E-state index contributed by atoms with van der Waals surface area (Å²) in [7, 11) is 0. The molecule has 1 atom stereocenters. The summed E-state index contributed by atoms with van der Waals surface area (Å²) in [5.41, 5.74) is 1.84. The molecule has 5 nitrogen and oxygen atoms in total. The lowest BCUT2D eigenvalue weighted by Gasteiger charge is -2.18. The Morgan fingerprint density at radius 2 is 2.18 bits per heavy atom. The van der Waals surface area contributed by atoms with Gasteiger partial charge < -0.3 is 16.0 Å². The summed E-state index contributed by atoms with van der Waals surface area (Å²) in [4.78, 5) is 23.4. The van der Waals surface area contributed by atoms with Crippen LogP contribution in [0.4, 0.5) is 10.5 Å². The number of thioether (sulfide) groups is 1. The number of carbonyl (C=O) groups excluding carboxylic acids is 2. The number of nitrogens with one attached hydrogen (secondary N) is 3. The summed E-state index contributed by atoms with van der Waals surface area (Å²) in [6, 6.07) is 5.74. The SMILES string of the molecule is O=C1CSc2ccc(C3CNC(=O)N3)cc2N1.